The summed E-state index contributed by atoms with van der Waals surface area (Å²) in [4.78, 5) is 6.89. The second kappa shape index (κ2) is 10.7. The Labute approximate surface area is 176 Å². The molecule has 0 spiro atoms. The summed E-state index contributed by atoms with van der Waals surface area (Å²) in [5.41, 5.74) is 1.08. The van der Waals surface area contributed by atoms with Crippen LogP contribution in [0.2, 0.25) is 0 Å². The molecule has 2 fully saturated rings. The van der Waals surface area contributed by atoms with Crippen molar-refractivity contribution in [3.8, 4) is 0 Å². The van der Waals surface area contributed by atoms with Crippen LogP contribution in [-0.2, 0) is 11.3 Å². The molecule has 2 aliphatic rings. The molecule has 3 rings (SSSR count). The van der Waals surface area contributed by atoms with E-state index in [1.165, 1.54) is 18.2 Å². The normalized spacial score (nSPS) is 24.2. The Kier molecular flexibility index (Phi) is 8.92. The van der Waals surface area contributed by atoms with Crippen LogP contribution in [0.1, 0.15) is 12.0 Å². The van der Waals surface area contributed by atoms with E-state index in [-0.39, 0.29) is 35.3 Å². The highest BCUT2D eigenvalue weighted by atomic mass is 127. The molecule has 0 bridgehead atoms. The molecule has 0 radical (unpaired) electrons. The van der Waals surface area contributed by atoms with Gasteiger partial charge < -0.3 is 15.4 Å². The molecule has 1 aromatic carbocycles. The van der Waals surface area contributed by atoms with Crippen molar-refractivity contribution >= 4 is 41.7 Å². The number of rotatable bonds is 5. The Morgan fingerprint density at radius 2 is 2.15 bits per heavy atom. The molecule has 8 heteroatoms. The highest BCUT2D eigenvalue weighted by Crippen LogP contribution is 2.33. The third kappa shape index (κ3) is 5.71. The average molecular weight is 494 g/mol. The number of thioether (sulfide) groups is 1. The van der Waals surface area contributed by atoms with Gasteiger partial charge in [-0.05, 0) is 29.9 Å². The lowest BCUT2D eigenvalue weighted by Gasteiger charge is -2.43. The molecule has 0 saturated carbocycles. The Morgan fingerprint density at radius 3 is 2.81 bits per heavy atom. The number of guanidine groups is 1. The fourth-order valence-electron chi connectivity index (χ4n) is 3.44. The van der Waals surface area contributed by atoms with Gasteiger partial charge in [0.05, 0.1) is 13.2 Å². The molecule has 0 aromatic heterocycles. The largest absolute Gasteiger partial charge is 0.379 e. The summed E-state index contributed by atoms with van der Waals surface area (Å²) in [6.07, 6.45) is 1.19. The quantitative estimate of drug-likeness (QED) is 0.374. The van der Waals surface area contributed by atoms with Crippen molar-refractivity contribution in [2.75, 3.05) is 51.4 Å². The number of nitrogens with zero attached hydrogens (tertiary/aromatic N) is 2. The van der Waals surface area contributed by atoms with Gasteiger partial charge in [0.2, 0.25) is 0 Å². The van der Waals surface area contributed by atoms with E-state index >= 15 is 0 Å². The van der Waals surface area contributed by atoms with Crippen LogP contribution in [0.4, 0.5) is 4.39 Å². The Balaban J connectivity index is 0.00000243. The predicted molar refractivity (Wildman–Crippen MR) is 117 cm³/mol. The van der Waals surface area contributed by atoms with Crippen LogP contribution >= 0.6 is 35.7 Å². The van der Waals surface area contributed by atoms with Gasteiger partial charge in [0.1, 0.15) is 5.82 Å². The minimum Gasteiger partial charge on any atom is -0.379 e. The van der Waals surface area contributed by atoms with Crippen molar-refractivity contribution < 1.29 is 9.13 Å². The van der Waals surface area contributed by atoms with Gasteiger partial charge >= 0.3 is 0 Å². The fraction of sp³-hybridized carbons (Fsp3) is 0.611. The van der Waals surface area contributed by atoms with Crippen molar-refractivity contribution in [1.82, 2.24) is 15.5 Å². The van der Waals surface area contributed by atoms with Crippen molar-refractivity contribution in [1.29, 1.82) is 0 Å². The summed E-state index contributed by atoms with van der Waals surface area (Å²) in [6, 6.07) is 6.64. The first kappa shape index (κ1) is 21.7. The average Bonchev–Trinajstić information content (AvgIpc) is 3.13. The van der Waals surface area contributed by atoms with Crippen molar-refractivity contribution in [2.45, 2.75) is 18.5 Å². The molecule has 26 heavy (non-hydrogen) atoms. The van der Waals surface area contributed by atoms with Crippen molar-refractivity contribution in [2.24, 2.45) is 4.99 Å². The summed E-state index contributed by atoms with van der Waals surface area (Å²) in [5, 5.41) is 6.76. The van der Waals surface area contributed by atoms with Gasteiger partial charge in [0.15, 0.2) is 5.96 Å². The van der Waals surface area contributed by atoms with E-state index in [2.05, 4.69) is 20.5 Å². The van der Waals surface area contributed by atoms with E-state index in [1.54, 1.807) is 19.2 Å². The molecule has 2 heterocycles. The third-order valence-electron chi connectivity index (χ3n) is 4.92. The summed E-state index contributed by atoms with van der Waals surface area (Å²) in [6.45, 7) is 5.05. The monoisotopic (exact) mass is 494 g/mol. The van der Waals surface area contributed by atoms with Crippen LogP contribution in [-0.4, -0.2) is 67.8 Å². The fourth-order valence-corrected chi connectivity index (χ4v) is 4.91. The first-order chi connectivity index (χ1) is 12.2. The van der Waals surface area contributed by atoms with Crippen LogP contribution in [0.3, 0.4) is 0 Å². The molecular weight excluding hydrogens is 466 g/mol. The zero-order valence-electron chi connectivity index (χ0n) is 15.2. The number of benzene rings is 1. The Morgan fingerprint density at radius 1 is 1.35 bits per heavy atom. The van der Waals surface area contributed by atoms with Gasteiger partial charge in [-0.15, -0.1) is 24.0 Å². The zero-order chi connectivity index (χ0) is 17.5. The standard InChI is InChI=1S/C18H27FN4OS.HI/c1-20-17(21-12-15-3-2-4-16(19)11-15)22-13-18(5-10-25-14-18)23-6-8-24-9-7-23;/h2-4,11H,5-10,12-14H2,1H3,(H2,20,21,22);1H. The van der Waals surface area contributed by atoms with E-state index in [0.717, 1.165) is 50.1 Å². The topological polar surface area (TPSA) is 48.9 Å². The maximum Gasteiger partial charge on any atom is 0.191 e. The predicted octanol–water partition coefficient (Wildman–Crippen LogP) is 2.32. The van der Waals surface area contributed by atoms with E-state index < -0.39 is 0 Å². The van der Waals surface area contributed by atoms with Crippen LogP contribution in [0.5, 0.6) is 0 Å². The van der Waals surface area contributed by atoms with E-state index in [9.17, 15) is 4.39 Å². The molecular formula is C18H28FIN4OS. The lowest BCUT2D eigenvalue weighted by Crippen LogP contribution is -2.60. The smallest absolute Gasteiger partial charge is 0.191 e. The number of ether oxygens (including phenoxy) is 1. The summed E-state index contributed by atoms with van der Waals surface area (Å²) in [5.74, 6) is 2.89. The van der Waals surface area contributed by atoms with Crippen LogP contribution < -0.4 is 10.6 Å². The molecule has 1 unspecified atom stereocenters. The van der Waals surface area contributed by atoms with Gasteiger partial charge in [-0.3, -0.25) is 9.89 Å². The lowest BCUT2D eigenvalue weighted by molar-refractivity contribution is -0.0120. The summed E-state index contributed by atoms with van der Waals surface area (Å²) < 4.78 is 18.8. The number of nitrogens with one attached hydrogen (secondary N) is 2. The lowest BCUT2D eigenvalue weighted by atomic mass is 9.95. The van der Waals surface area contributed by atoms with E-state index in [1.807, 2.05) is 17.8 Å². The molecule has 146 valence electrons. The minimum atomic E-state index is -0.212. The number of aliphatic imine (C=N–C) groups is 1. The molecule has 2 saturated heterocycles. The van der Waals surface area contributed by atoms with Gasteiger partial charge in [-0.25, -0.2) is 4.39 Å². The highest BCUT2D eigenvalue weighted by Gasteiger charge is 2.40. The van der Waals surface area contributed by atoms with Gasteiger partial charge in [-0.2, -0.15) is 11.8 Å². The highest BCUT2D eigenvalue weighted by molar-refractivity contribution is 14.0. The Bertz CT molecular complexity index is 592. The molecule has 1 atom stereocenters. The van der Waals surface area contributed by atoms with Gasteiger partial charge in [0, 0.05) is 44.5 Å². The maximum atomic E-state index is 13.3. The zero-order valence-corrected chi connectivity index (χ0v) is 18.3. The second-order valence-corrected chi connectivity index (χ2v) is 7.64. The molecule has 5 nitrogen and oxygen atoms in total. The van der Waals surface area contributed by atoms with Crippen molar-refractivity contribution in [3.63, 3.8) is 0 Å². The third-order valence-corrected chi connectivity index (χ3v) is 6.16. The van der Waals surface area contributed by atoms with Gasteiger partial charge in [-0.1, -0.05) is 12.1 Å². The van der Waals surface area contributed by atoms with E-state index in [0.29, 0.717) is 6.54 Å². The van der Waals surface area contributed by atoms with Crippen LogP contribution in [0.15, 0.2) is 29.3 Å². The van der Waals surface area contributed by atoms with Crippen molar-refractivity contribution in [3.05, 3.63) is 35.6 Å². The molecule has 2 aliphatic heterocycles. The minimum absolute atomic E-state index is 0. The number of halogens is 2. The number of morpholine rings is 1. The van der Waals surface area contributed by atoms with Crippen LogP contribution in [0.25, 0.3) is 0 Å². The Hall–Kier alpha value is -0.580. The number of hydrogen-bond acceptors (Lipinski definition) is 4. The van der Waals surface area contributed by atoms with Crippen LogP contribution in [0, 0.1) is 5.82 Å². The maximum absolute atomic E-state index is 13.3. The first-order valence-corrected chi connectivity index (χ1v) is 9.97. The first-order valence-electron chi connectivity index (χ1n) is 8.81. The number of hydrogen-bond donors (Lipinski definition) is 2. The van der Waals surface area contributed by atoms with Gasteiger partial charge in [0.25, 0.3) is 0 Å². The van der Waals surface area contributed by atoms with E-state index in [4.69, 9.17) is 4.74 Å². The second-order valence-electron chi connectivity index (χ2n) is 6.54. The summed E-state index contributed by atoms with van der Waals surface area (Å²) >= 11 is 2.02. The molecule has 1 aromatic rings. The SMILES string of the molecule is CN=C(NCc1cccc(F)c1)NCC1(N2CCOCC2)CCSC1.I. The molecule has 0 aliphatic carbocycles. The molecule has 0 amide bonds. The molecule has 2 N–H and O–H groups in total. The summed E-state index contributed by atoms with van der Waals surface area (Å²) in [7, 11) is 1.77.